The second kappa shape index (κ2) is 6.05. The van der Waals surface area contributed by atoms with Crippen LogP contribution in [0.3, 0.4) is 0 Å². The summed E-state index contributed by atoms with van der Waals surface area (Å²) in [6.45, 7) is 3.19. The summed E-state index contributed by atoms with van der Waals surface area (Å²) in [5.41, 5.74) is 2.71. The summed E-state index contributed by atoms with van der Waals surface area (Å²) in [5, 5.41) is 4.64. The first-order valence-corrected chi connectivity index (χ1v) is 8.27. The van der Waals surface area contributed by atoms with E-state index in [0.29, 0.717) is 6.04 Å². The number of rotatable bonds is 4. The van der Waals surface area contributed by atoms with E-state index >= 15 is 0 Å². The van der Waals surface area contributed by atoms with E-state index in [1.807, 2.05) is 6.07 Å². The lowest BCUT2D eigenvalue weighted by molar-refractivity contribution is 0.165. The van der Waals surface area contributed by atoms with Crippen molar-refractivity contribution in [1.29, 1.82) is 0 Å². The van der Waals surface area contributed by atoms with Crippen LogP contribution in [0.1, 0.15) is 43.7 Å². The SMILES string of the molecule is CCc1cccc(Cl)c1CN(C)C1CC2CCC(C1)N2. The van der Waals surface area contributed by atoms with Crippen molar-refractivity contribution in [1.82, 2.24) is 10.2 Å². The van der Waals surface area contributed by atoms with E-state index in [1.165, 1.54) is 36.8 Å². The van der Waals surface area contributed by atoms with Crippen LogP contribution in [-0.4, -0.2) is 30.1 Å². The van der Waals surface area contributed by atoms with Crippen LogP contribution in [0.5, 0.6) is 0 Å². The molecule has 2 heterocycles. The topological polar surface area (TPSA) is 15.3 Å². The van der Waals surface area contributed by atoms with Gasteiger partial charge >= 0.3 is 0 Å². The Balaban J connectivity index is 1.71. The molecule has 3 rings (SSSR count). The van der Waals surface area contributed by atoms with Gasteiger partial charge in [0.05, 0.1) is 0 Å². The fourth-order valence-electron chi connectivity index (χ4n) is 3.88. The molecule has 2 aliphatic rings. The smallest absolute Gasteiger partial charge is 0.0453 e. The summed E-state index contributed by atoms with van der Waals surface area (Å²) >= 11 is 6.42. The number of benzene rings is 1. The molecule has 1 N–H and O–H groups in total. The van der Waals surface area contributed by atoms with Crippen LogP contribution in [0.2, 0.25) is 5.02 Å². The quantitative estimate of drug-likeness (QED) is 0.912. The molecule has 0 aliphatic carbocycles. The molecule has 2 atom stereocenters. The summed E-state index contributed by atoms with van der Waals surface area (Å²) in [6, 6.07) is 8.50. The Morgan fingerprint density at radius 1 is 1.25 bits per heavy atom. The maximum Gasteiger partial charge on any atom is 0.0453 e. The predicted octanol–water partition coefficient (Wildman–Crippen LogP) is 3.62. The molecular formula is C17H25ClN2. The van der Waals surface area contributed by atoms with Crippen molar-refractivity contribution >= 4 is 11.6 Å². The fraction of sp³-hybridized carbons (Fsp3) is 0.647. The molecular weight excluding hydrogens is 268 g/mol. The highest BCUT2D eigenvalue weighted by Crippen LogP contribution is 2.31. The summed E-state index contributed by atoms with van der Waals surface area (Å²) < 4.78 is 0. The van der Waals surface area contributed by atoms with Crippen LogP contribution in [0.15, 0.2) is 18.2 Å². The molecule has 0 saturated carbocycles. The third-order valence-electron chi connectivity index (χ3n) is 5.08. The van der Waals surface area contributed by atoms with E-state index in [-0.39, 0.29) is 0 Å². The minimum Gasteiger partial charge on any atom is -0.311 e. The lowest BCUT2D eigenvalue weighted by Gasteiger charge is -2.36. The van der Waals surface area contributed by atoms with Gasteiger partial charge in [0, 0.05) is 29.7 Å². The first-order valence-electron chi connectivity index (χ1n) is 7.90. The number of hydrogen-bond donors (Lipinski definition) is 1. The fourth-order valence-corrected chi connectivity index (χ4v) is 4.13. The molecule has 110 valence electrons. The van der Waals surface area contributed by atoms with E-state index in [4.69, 9.17) is 11.6 Å². The largest absolute Gasteiger partial charge is 0.311 e. The number of aryl methyl sites for hydroxylation is 1. The van der Waals surface area contributed by atoms with Crippen LogP contribution in [0.25, 0.3) is 0 Å². The van der Waals surface area contributed by atoms with Crippen molar-refractivity contribution in [2.24, 2.45) is 0 Å². The van der Waals surface area contributed by atoms with Gasteiger partial charge < -0.3 is 5.32 Å². The van der Waals surface area contributed by atoms with E-state index < -0.39 is 0 Å². The van der Waals surface area contributed by atoms with Crippen LogP contribution in [0.4, 0.5) is 0 Å². The zero-order valence-electron chi connectivity index (χ0n) is 12.5. The van der Waals surface area contributed by atoms with Gasteiger partial charge in [-0.25, -0.2) is 0 Å². The van der Waals surface area contributed by atoms with Gasteiger partial charge in [0.1, 0.15) is 0 Å². The maximum absolute atomic E-state index is 6.42. The molecule has 0 radical (unpaired) electrons. The summed E-state index contributed by atoms with van der Waals surface area (Å²) in [5.74, 6) is 0. The molecule has 20 heavy (non-hydrogen) atoms. The first kappa shape index (κ1) is 14.4. The highest BCUT2D eigenvalue weighted by Gasteiger charge is 2.35. The number of nitrogens with one attached hydrogen (secondary N) is 1. The van der Waals surface area contributed by atoms with Gasteiger partial charge in [-0.3, -0.25) is 4.90 Å². The van der Waals surface area contributed by atoms with Crippen molar-refractivity contribution in [3.63, 3.8) is 0 Å². The molecule has 2 nitrogen and oxygen atoms in total. The van der Waals surface area contributed by atoms with Gasteiger partial charge in [0.15, 0.2) is 0 Å². The molecule has 2 unspecified atom stereocenters. The lowest BCUT2D eigenvalue weighted by Crippen LogP contribution is -2.46. The summed E-state index contributed by atoms with van der Waals surface area (Å²) in [7, 11) is 2.26. The van der Waals surface area contributed by atoms with E-state index in [9.17, 15) is 0 Å². The minimum atomic E-state index is 0.703. The Kier molecular flexibility index (Phi) is 4.34. The van der Waals surface area contributed by atoms with Crippen molar-refractivity contribution in [3.8, 4) is 0 Å². The van der Waals surface area contributed by atoms with Gasteiger partial charge in [-0.1, -0.05) is 30.7 Å². The molecule has 2 bridgehead atoms. The Bertz CT molecular complexity index is 462. The third-order valence-corrected chi connectivity index (χ3v) is 5.43. The van der Waals surface area contributed by atoms with Crippen molar-refractivity contribution < 1.29 is 0 Å². The molecule has 2 fully saturated rings. The molecule has 1 aromatic rings. The Morgan fingerprint density at radius 2 is 1.95 bits per heavy atom. The van der Waals surface area contributed by atoms with Crippen LogP contribution >= 0.6 is 11.6 Å². The maximum atomic E-state index is 6.42. The number of fused-ring (bicyclic) bond motifs is 2. The molecule has 3 heteroatoms. The Labute approximate surface area is 127 Å². The van der Waals surface area contributed by atoms with Gasteiger partial charge in [-0.05, 0) is 56.3 Å². The van der Waals surface area contributed by atoms with Crippen LogP contribution in [-0.2, 0) is 13.0 Å². The normalized spacial score (nSPS) is 29.1. The second-order valence-electron chi connectivity index (χ2n) is 6.41. The van der Waals surface area contributed by atoms with Gasteiger partial charge in [-0.15, -0.1) is 0 Å². The van der Waals surface area contributed by atoms with Gasteiger partial charge in [0.25, 0.3) is 0 Å². The number of hydrogen-bond acceptors (Lipinski definition) is 2. The van der Waals surface area contributed by atoms with Crippen molar-refractivity contribution in [3.05, 3.63) is 34.3 Å². The van der Waals surface area contributed by atoms with Crippen molar-refractivity contribution in [2.75, 3.05) is 7.05 Å². The summed E-state index contributed by atoms with van der Waals surface area (Å²) in [4.78, 5) is 2.52. The zero-order valence-corrected chi connectivity index (χ0v) is 13.3. The molecule has 2 aliphatic heterocycles. The average Bonchev–Trinajstić information content (AvgIpc) is 2.79. The average molecular weight is 293 g/mol. The Morgan fingerprint density at radius 3 is 2.60 bits per heavy atom. The first-order chi connectivity index (χ1) is 9.67. The highest BCUT2D eigenvalue weighted by atomic mass is 35.5. The van der Waals surface area contributed by atoms with Crippen LogP contribution in [0, 0.1) is 0 Å². The number of halogens is 1. The van der Waals surface area contributed by atoms with Crippen LogP contribution < -0.4 is 5.32 Å². The number of nitrogens with zero attached hydrogens (tertiary/aromatic N) is 1. The second-order valence-corrected chi connectivity index (χ2v) is 6.82. The lowest BCUT2D eigenvalue weighted by atomic mass is 9.97. The van der Waals surface area contributed by atoms with Gasteiger partial charge in [-0.2, -0.15) is 0 Å². The molecule has 0 amide bonds. The van der Waals surface area contributed by atoms with Gasteiger partial charge in [0.2, 0.25) is 0 Å². The van der Waals surface area contributed by atoms with E-state index in [1.54, 1.807) is 0 Å². The minimum absolute atomic E-state index is 0.703. The molecule has 0 aromatic heterocycles. The molecule has 1 aromatic carbocycles. The van der Waals surface area contributed by atoms with E-state index in [0.717, 1.165) is 30.1 Å². The highest BCUT2D eigenvalue weighted by molar-refractivity contribution is 6.31. The van der Waals surface area contributed by atoms with Crippen molar-refractivity contribution in [2.45, 2.75) is 63.7 Å². The Hall–Kier alpha value is -0.570. The molecule has 2 saturated heterocycles. The number of piperidine rings is 1. The standard InChI is InChI=1S/C17H25ClN2/c1-3-12-5-4-6-17(18)16(12)11-20(2)15-9-13-7-8-14(10-15)19-13/h4-6,13-15,19H,3,7-11H2,1-2H3. The zero-order chi connectivity index (χ0) is 14.1. The third kappa shape index (κ3) is 2.88. The monoisotopic (exact) mass is 292 g/mol. The predicted molar refractivity (Wildman–Crippen MR) is 85.3 cm³/mol. The van der Waals surface area contributed by atoms with E-state index in [2.05, 4.69) is 36.3 Å². The molecule has 0 spiro atoms. The summed E-state index contributed by atoms with van der Waals surface area (Å²) in [6.07, 6.45) is 6.36.